The number of nitrogens with one attached hydrogen (secondary N) is 1. The van der Waals surface area contributed by atoms with Crippen molar-refractivity contribution in [3.05, 3.63) is 85.1 Å². The third-order valence-corrected chi connectivity index (χ3v) is 20.0. The van der Waals surface area contributed by atoms with Gasteiger partial charge in [0.15, 0.2) is 12.6 Å². The summed E-state index contributed by atoms with van der Waals surface area (Å²) in [6.07, 6.45) is 81.2. The van der Waals surface area contributed by atoms with E-state index in [4.69, 9.17) is 18.9 Å². The van der Waals surface area contributed by atoms with Crippen LogP contribution < -0.4 is 5.32 Å². The normalized spacial score (nSPS) is 22.3. The van der Waals surface area contributed by atoms with Gasteiger partial charge in [-0.15, -0.1) is 0 Å². The molecule has 9 N–H and O–H groups in total. The summed E-state index contributed by atoms with van der Waals surface area (Å²) in [7, 11) is 0. The van der Waals surface area contributed by atoms with Crippen LogP contribution in [-0.2, 0) is 23.7 Å². The third kappa shape index (κ3) is 51.4. The predicted molar refractivity (Wildman–Crippen MR) is 415 cm³/mol. The summed E-state index contributed by atoms with van der Waals surface area (Å²) in [5.41, 5.74) is 0. The zero-order valence-electron chi connectivity index (χ0n) is 63.9. The minimum Gasteiger partial charge on any atom is -0.394 e. The maximum Gasteiger partial charge on any atom is 0.220 e. The first-order chi connectivity index (χ1) is 49.1. The fourth-order valence-corrected chi connectivity index (χ4v) is 13.5. The summed E-state index contributed by atoms with van der Waals surface area (Å²) >= 11 is 0. The maximum atomic E-state index is 13.4. The van der Waals surface area contributed by atoms with E-state index in [2.05, 4.69) is 92.1 Å². The Morgan fingerprint density at radius 2 is 0.700 bits per heavy atom. The van der Waals surface area contributed by atoms with Crippen LogP contribution >= 0.6 is 0 Å². The van der Waals surface area contributed by atoms with Crippen molar-refractivity contribution in [3.8, 4) is 0 Å². The largest absolute Gasteiger partial charge is 0.394 e. The second-order valence-corrected chi connectivity index (χ2v) is 29.2. The molecular weight excluding hydrogens is 1250 g/mol. The number of aliphatic hydroxyl groups excluding tert-OH is 8. The molecule has 582 valence electrons. The highest BCUT2D eigenvalue weighted by molar-refractivity contribution is 5.76. The number of allylic oxidation sites excluding steroid dienone is 13. The highest BCUT2D eigenvalue weighted by atomic mass is 16.7. The lowest BCUT2D eigenvalue weighted by Crippen LogP contribution is -2.65. The fraction of sp³-hybridized carbons (Fsp3) is 0.826. The van der Waals surface area contributed by atoms with Crippen LogP contribution in [-0.4, -0.2) is 140 Å². The van der Waals surface area contributed by atoms with E-state index < -0.39 is 86.8 Å². The van der Waals surface area contributed by atoms with Gasteiger partial charge in [-0.3, -0.25) is 4.79 Å². The van der Waals surface area contributed by atoms with E-state index >= 15 is 0 Å². The molecule has 0 bridgehead atoms. The van der Waals surface area contributed by atoms with Crippen molar-refractivity contribution >= 4 is 5.91 Å². The minimum atomic E-state index is -1.80. The molecule has 2 aliphatic heterocycles. The maximum absolute atomic E-state index is 13.4. The Hall–Kier alpha value is -2.83. The Kier molecular flexibility index (Phi) is 64.6. The molecule has 12 atom stereocenters. The first-order valence-electron chi connectivity index (χ1n) is 41.8. The molecule has 0 aromatic carbocycles. The van der Waals surface area contributed by atoms with E-state index in [0.717, 1.165) is 70.6 Å². The Bertz CT molecular complexity index is 2010. The van der Waals surface area contributed by atoms with E-state index in [1.54, 1.807) is 6.08 Å². The van der Waals surface area contributed by atoms with Crippen LogP contribution in [0.4, 0.5) is 0 Å². The molecule has 2 saturated heterocycles. The van der Waals surface area contributed by atoms with Crippen molar-refractivity contribution in [3.63, 3.8) is 0 Å². The zero-order valence-corrected chi connectivity index (χ0v) is 63.9. The van der Waals surface area contributed by atoms with Crippen LogP contribution in [0, 0.1) is 0 Å². The van der Waals surface area contributed by atoms with Crippen LogP contribution in [0.2, 0.25) is 0 Å². The molecule has 1 amide bonds. The lowest BCUT2D eigenvalue weighted by Gasteiger charge is -2.46. The first kappa shape index (κ1) is 93.3. The van der Waals surface area contributed by atoms with Gasteiger partial charge in [0.2, 0.25) is 5.91 Å². The summed E-state index contributed by atoms with van der Waals surface area (Å²) in [6.45, 7) is 2.71. The van der Waals surface area contributed by atoms with E-state index in [0.29, 0.717) is 12.8 Å². The summed E-state index contributed by atoms with van der Waals surface area (Å²) in [5.74, 6) is -0.248. The molecule has 2 heterocycles. The van der Waals surface area contributed by atoms with Gasteiger partial charge in [0.1, 0.15) is 48.8 Å². The van der Waals surface area contributed by atoms with Gasteiger partial charge < -0.3 is 65.1 Å². The number of hydrogen-bond acceptors (Lipinski definition) is 13. The fourth-order valence-electron chi connectivity index (χ4n) is 13.5. The van der Waals surface area contributed by atoms with E-state index in [1.807, 2.05) is 6.08 Å². The third-order valence-electron chi connectivity index (χ3n) is 20.0. The number of carbonyl (C=O) groups excluding carboxylic acids is 1. The van der Waals surface area contributed by atoms with Gasteiger partial charge in [0.05, 0.1) is 32.0 Å². The Morgan fingerprint density at radius 1 is 0.370 bits per heavy atom. The van der Waals surface area contributed by atoms with Gasteiger partial charge in [-0.1, -0.05) is 356 Å². The van der Waals surface area contributed by atoms with Gasteiger partial charge in [-0.2, -0.15) is 0 Å². The Balaban J connectivity index is 1.59. The molecule has 2 aliphatic rings. The molecule has 0 spiro atoms. The molecule has 0 aromatic rings. The highest BCUT2D eigenvalue weighted by Gasteiger charge is 2.51. The highest BCUT2D eigenvalue weighted by Crippen LogP contribution is 2.30. The lowest BCUT2D eigenvalue weighted by atomic mass is 9.97. The molecule has 14 heteroatoms. The molecule has 0 saturated carbocycles. The zero-order chi connectivity index (χ0) is 72.2. The summed E-state index contributed by atoms with van der Waals surface area (Å²) in [4.78, 5) is 13.4. The van der Waals surface area contributed by atoms with Crippen LogP contribution in [0.5, 0.6) is 0 Å². The molecule has 0 radical (unpaired) electrons. The predicted octanol–water partition coefficient (Wildman–Crippen LogP) is 19.5. The molecule has 12 unspecified atom stereocenters. The molecule has 100 heavy (non-hydrogen) atoms. The average molecular weight is 1410 g/mol. The second-order valence-electron chi connectivity index (χ2n) is 29.2. The molecular formula is C86H155NO13. The van der Waals surface area contributed by atoms with Crippen molar-refractivity contribution < 1.29 is 64.6 Å². The van der Waals surface area contributed by atoms with Crippen molar-refractivity contribution in [2.75, 3.05) is 19.8 Å². The molecule has 0 aromatic heterocycles. The van der Waals surface area contributed by atoms with Crippen LogP contribution in [0.15, 0.2) is 85.1 Å². The number of rotatable bonds is 70. The molecule has 2 fully saturated rings. The number of amides is 1. The minimum absolute atomic E-state index is 0.248. The van der Waals surface area contributed by atoms with Gasteiger partial charge in [-0.05, 0) is 83.5 Å². The molecule has 14 nitrogen and oxygen atoms in total. The standard InChI is InChI=1S/C86H155NO13/c1-3-5-7-9-11-13-15-17-19-21-23-25-27-29-31-32-33-34-35-36-37-38-39-40-41-42-44-46-48-50-52-54-56-58-60-62-64-66-68-70-78(91)87-74(73-97-85-83(96)81(94)84(77(72-89)99-85)100-86-82(95)80(93)79(92)76(71-88)98-86)75(90)69-67-65-63-61-59-57-55-53-51-49-47-45-43-30-28-26-24-22-20-18-16-14-12-10-8-6-4-2/h5,7,11,13,17,19,23,25,51,53,59,61,67,69,74-77,79-86,88-90,92-96H,3-4,6,8-10,12,14-16,18,20-22,24,26-50,52,54-58,60,62-66,68,70-73H2,1-2H3,(H,87,91)/b7-5-,13-11-,19-17-,25-23-,53-51+,61-59+,69-67+. The van der Waals surface area contributed by atoms with Crippen molar-refractivity contribution in [1.29, 1.82) is 0 Å². The summed E-state index contributed by atoms with van der Waals surface area (Å²) in [5, 5.41) is 87.7. The quantitative estimate of drug-likeness (QED) is 0.0204. The van der Waals surface area contributed by atoms with Crippen molar-refractivity contribution in [1.82, 2.24) is 5.32 Å². The monoisotopic (exact) mass is 1410 g/mol. The van der Waals surface area contributed by atoms with Gasteiger partial charge in [-0.25, -0.2) is 0 Å². The SMILES string of the molecule is CC/C=C\C/C=C\C/C=C\C/C=C\CCCCCCCCCCCCCCCCCCCCCCCCCCCCC(=O)NC(COC1OC(CO)C(OC2OC(CO)C(O)C(O)C2O)C(O)C1O)C(O)/C=C/CC/C=C/CC/C=C/CCCCCCCCCCCCCCCCCCC. The molecule has 0 aliphatic carbocycles. The summed E-state index contributed by atoms with van der Waals surface area (Å²) < 4.78 is 22.9. The number of aliphatic hydroxyl groups is 8. The van der Waals surface area contributed by atoms with Gasteiger partial charge >= 0.3 is 0 Å². The number of carbonyl (C=O) groups is 1. The van der Waals surface area contributed by atoms with E-state index in [-0.39, 0.29) is 18.9 Å². The molecule has 2 rings (SSSR count). The smallest absolute Gasteiger partial charge is 0.220 e. The van der Waals surface area contributed by atoms with Gasteiger partial charge in [0, 0.05) is 6.42 Å². The van der Waals surface area contributed by atoms with E-state index in [1.165, 1.54) is 257 Å². The van der Waals surface area contributed by atoms with E-state index in [9.17, 15) is 45.6 Å². The van der Waals surface area contributed by atoms with Crippen molar-refractivity contribution in [2.45, 2.75) is 434 Å². The van der Waals surface area contributed by atoms with Crippen LogP contribution in [0.25, 0.3) is 0 Å². The lowest BCUT2D eigenvalue weighted by molar-refractivity contribution is -0.359. The van der Waals surface area contributed by atoms with Crippen LogP contribution in [0.1, 0.15) is 361 Å². The topological polar surface area (TPSA) is 228 Å². The Labute approximate surface area is 611 Å². The first-order valence-corrected chi connectivity index (χ1v) is 41.8. The van der Waals surface area contributed by atoms with Crippen LogP contribution in [0.3, 0.4) is 0 Å². The Morgan fingerprint density at radius 3 is 1.10 bits per heavy atom. The number of hydrogen-bond donors (Lipinski definition) is 9. The number of unbranched alkanes of at least 4 members (excludes halogenated alkanes) is 45. The summed E-state index contributed by atoms with van der Waals surface area (Å²) in [6, 6.07) is -0.941. The number of ether oxygens (including phenoxy) is 4. The van der Waals surface area contributed by atoms with Crippen molar-refractivity contribution in [2.24, 2.45) is 0 Å². The van der Waals surface area contributed by atoms with Gasteiger partial charge in [0.25, 0.3) is 0 Å². The average Bonchev–Trinajstić information content (AvgIpc) is 0.796. The second kappa shape index (κ2) is 69.2.